The molecular weight excluding hydrogens is 288 g/mol. The summed E-state index contributed by atoms with van der Waals surface area (Å²) < 4.78 is 29.1. The Hall–Kier alpha value is -2.70. The zero-order valence-corrected chi connectivity index (χ0v) is 12.2. The lowest BCUT2D eigenvalue weighted by molar-refractivity contribution is 0.583. The van der Waals surface area contributed by atoms with Gasteiger partial charge in [-0.15, -0.1) is 0 Å². The lowest BCUT2D eigenvalue weighted by Crippen LogP contribution is -2.03. The second-order valence-corrected chi connectivity index (χ2v) is 5.02. The second kappa shape index (κ2) is 5.25. The van der Waals surface area contributed by atoms with Crippen LogP contribution in [0, 0.1) is 11.6 Å². The Labute approximate surface area is 125 Å². The van der Waals surface area contributed by atoms with Gasteiger partial charge in [0.25, 0.3) is 0 Å². The number of nitrogens with zero attached hydrogens (tertiary/aromatic N) is 3. The van der Waals surface area contributed by atoms with Crippen LogP contribution in [-0.4, -0.2) is 14.5 Å². The van der Waals surface area contributed by atoms with Gasteiger partial charge in [-0.25, -0.2) is 18.7 Å². The van der Waals surface area contributed by atoms with E-state index < -0.39 is 11.6 Å². The maximum absolute atomic E-state index is 14.0. The molecule has 0 aliphatic heterocycles. The van der Waals surface area contributed by atoms with Crippen LogP contribution in [0.15, 0.2) is 24.5 Å². The molecule has 0 unspecified atom stereocenters. The summed E-state index contributed by atoms with van der Waals surface area (Å²) in [4.78, 5) is 8.33. The van der Waals surface area contributed by atoms with Crippen molar-refractivity contribution < 1.29 is 8.78 Å². The zero-order chi connectivity index (χ0) is 15.9. The highest BCUT2D eigenvalue weighted by Crippen LogP contribution is 2.28. The van der Waals surface area contributed by atoms with Gasteiger partial charge in [-0.3, -0.25) is 0 Å². The lowest BCUT2D eigenvalue weighted by atomic mass is 10.1. The summed E-state index contributed by atoms with van der Waals surface area (Å²) in [7, 11) is 1.83. The van der Waals surface area contributed by atoms with E-state index in [0.717, 1.165) is 11.6 Å². The van der Waals surface area contributed by atoms with Crippen molar-refractivity contribution >= 4 is 28.4 Å². The Morgan fingerprint density at radius 2 is 2.05 bits per heavy atom. The standard InChI is InChI=1S/C15H15F2N5/c1-3-8-4-9(16)5-10(17)13(8)20-12-6-11-14(15(18)21-12)19-7-22(11)2/h4-7H,3H2,1-2H3,(H3,18,20,21). The number of aromatic nitrogens is 3. The molecule has 0 radical (unpaired) electrons. The molecule has 1 aromatic carbocycles. The molecule has 0 aliphatic carbocycles. The molecule has 0 atom stereocenters. The maximum Gasteiger partial charge on any atom is 0.154 e. The molecule has 0 saturated carbocycles. The van der Waals surface area contributed by atoms with E-state index in [9.17, 15) is 8.78 Å². The van der Waals surface area contributed by atoms with Crippen LogP contribution in [0.3, 0.4) is 0 Å². The Balaban J connectivity index is 2.09. The van der Waals surface area contributed by atoms with Crippen molar-refractivity contribution in [2.24, 2.45) is 7.05 Å². The number of nitrogens with two attached hydrogens (primary N) is 1. The fraction of sp³-hybridized carbons (Fsp3) is 0.200. The average molecular weight is 303 g/mol. The third-order valence-electron chi connectivity index (χ3n) is 3.51. The molecule has 22 heavy (non-hydrogen) atoms. The summed E-state index contributed by atoms with van der Waals surface area (Å²) in [6, 6.07) is 3.87. The first-order chi connectivity index (χ1) is 10.5. The Morgan fingerprint density at radius 1 is 1.27 bits per heavy atom. The van der Waals surface area contributed by atoms with Crippen LogP contribution < -0.4 is 11.1 Å². The third kappa shape index (κ3) is 2.34. The SMILES string of the molecule is CCc1cc(F)cc(F)c1Nc1cc2c(ncn2C)c(N)n1. The average Bonchev–Trinajstić information content (AvgIpc) is 2.84. The van der Waals surface area contributed by atoms with Crippen molar-refractivity contribution in [1.82, 2.24) is 14.5 Å². The van der Waals surface area contributed by atoms with Gasteiger partial charge in [-0.05, 0) is 18.1 Å². The summed E-state index contributed by atoms with van der Waals surface area (Å²) in [5.41, 5.74) is 7.97. The number of hydrogen-bond acceptors (Lipinski definition) is 4. The molecule has 5 nitrogen and oxygen atoms in total. The van der Waals surface area contributed by atoms with E-state index in [1.54, 1.807) is 17.0 Å². The van der Waals surface area contributed by atoms with Crippen LogP contribution in [-0.2, 0) is 13.5 Å². The Bertz CT molecular complexity index is 857. The van der Waals surface area contributed by atoms with E-state index in [1.807, 2.05) is 14.0 Å². The molecule has 3 N–H and O–H groups in total. The first-order valence-corrected chi connectivity index (χ1v) is 6.82. The number of hydrogen-bond donors (Lipinski definition) is 2. The topological polar surface area (TPSA) is 68.8 Å². The van der Waals surface area contributed by atoms with Gasteiger partial charge < -0.3 is 15.6 Å². The van der Waals surface area contributed by atoms with Crippen molar-refractivity contribution in [1.29, 1.82) is 0 Å². The van der Waals surface area contributed by atoms with Gasteiger partial charge in [-0.2, -0.15) is 0 Å². The molecule has 3 aromatic rings. The van der Waals surface area contributed by atoms with Crippen molar-refractivity contribution in [3.05, 3.63) is 41.7 Å². The molecule has 2 heterocycles. The van der Waals surface area contributed by atoms with Crippen LogP contribution >= 0.6 is 0 Å². The third-order valence-corrected chi connectivity index (χ3v) is 3.51. The largest absolute Gasteiger partial charge is 0.382 e. The van der Waals surface area contributed by atoms with E-state index in [1.165, 1.54) is 6.07 Å². The van der Waals surface area contributed by atoms with E-state index in [0.29, 0.717) is 23.3 Å². The summed E-state index contributed by atoms with van der Waals surface area (Å²) in [5, 5.41) is 2.90. The monoisotopic (exact) mass is 303 g/mol. The molecule has 0 amide bonds. The number of fused-ring (bicyclic) bond motifs is 1. The number of halogens is 2. The molecule has 0 aliphatic rings. The van der Waals surface area contributed by atoms with E-state index in [-0.39, 0.29) is 11.5 Å². The highest BCUT2D eigenvalue weighted by Gasteiger charge is 2.13. The highest BCUT2D eigenvalue weighted by atomic mass is 19.1. The zero-order valence-electron chi connectivity index (χ0n) is 12.2. The summed E-state index contributed by atoms with van der Waals surface area (Å²) >= 11 is 0. The van der Waals surface area contributed by atoms with Gasteiger partial charge in [0, 0.05) is 19.2 Å². The van der Waals surface area contributed by atoms with Crippen molar-refractivity contribution in [2.75, 3.05) is 11.1 Å². The molecule has 0 spiro atoms. The minimum absolute atomic E-state index is 0.206. The van der Waals surface area contributed by atoms with Crippen molar-refractivity contribution in [3.63, 3.8) is 0 Å². The van der Waals surface area contributed by atoms with Gasteiger partial charge >= 0.3 is 0 Å². The number of aryl methyl sites for hydroxylation is 2. The minimum Gasteiger partial charge on any atom is -0.382 e. The molecule has 7 heteroatoms. The first kappa shape index (κ1) is 14.2. The Morgan fingerprint density at radius 3 is 2.77 bits per heavy atom. The number of nitrogen functional groups attached to an aromatic ring is 1. The van der Waals surface area contributed by atoms with Crippen molar-refractivity contribution in [3.8, 4) is 0 Å². The summed E-state index contributed by atoms with van der Waals surface area (Å²) in [6.07, 6.45) is 2.11. The van der Waals surface area contributed by atoms with Gasteiger partial charge in [0.05, 0.1) is 17.5 Å². The molecule has 0 fully saturated rings. The van der Waals surface area contributed by atoms with Crippen LogP contribution in [0.2, 0.25) is 0 Å². The normalized spacial score (nSPS) is 11.1. The fourth-order valence-corrected chi connectivity index (χ4v) is 2.39. The Kier molecular flexibility index (Phi) is 3.40. The van der Waals surface area contributed by atoms with Gasteiger partial charge in [-0.1, -0.05) is 6.92 Å². The number of rotatable bonds is 3. The molecule has 0 bridgehead atoms. The molecule has 114 valence electrons. The number of benzene rings is 1. The molecule has 3 rings (SSSR count). The molecule has 0 saturated heterocycles. The quantitative estimate of drug-likeness (QED) is 0.780. The predicted molar refractivity (Wildman–Crippen MR) is 81.9 cm³/mol. The van der Waals surface area contributed by atoms with Gasteiger partial charge in [0.15, 0.2) is 5.82 Å². The fourth-order valence-electron chi connectivity index (χ4n) is 2.39. The van der Waals surface area contributed by atoms with Gasteiger partial charge in [0.1, 0.15) is 23.0 Å². The minimum atomic E-state index is -0.665. The number of nitrogens with one attached hydrogen (secondary N) is 1. The second-order valence-electron chi connectivity index (χ2n) is 5.02. The van der Waals surface area contributed by atoms with Crippen LogP contribution in [0.4, 0.5) is 26.1 Å². The molecule has 2 aromatic heterocycles. The molecular formula is C15H15F2N5. The number of pyridine rings is 1. The predicted octanol–water partition coefficient (Wildman–Crippen LogP) is 3.13. The van der Waals surface area contributed by atoms with E-state index >= 15 is 0 Å². The smallest absolute Gasteiger partial charge is 0.154 e. The van der Waals surface area contributed by atoms with Crippen LogP contribution in [0.5, 0.6) is 0 Å². The highest BCUT2D eigenvalue weighted by molar-refractivity contribution is 5.88. The lowest BCUT2D eigenvalue weighted by Gasteiger charge is -2.12. The number of imidazole rings is 1. The van der Waals surface area contributed by atoms with Gasteiger partial charge in [0.2, 0.25) is 0 Å². The number of anilines is 3. The summed E-state index contributed by atoms with van der Waals surface area (Å²) in [5.74, 6) is -0.633. The van der Waals surface area contributed by atoms with Crippen LogP contribution in [0.1, 0.15) is 12.5 Å². The van der Waals surface area contributed by atoms with Crippen molar-refractivity contribution in [2.45, 2.75) is 13.3 Å². The summed E-state index contributed by atoms with van der Waals surface area (Å²) in [6.45, 7) is 1.82. The van der Waals surface area contributed by atoms with E-state index in [2.05, 4.69) is 15.3 Å². The maximum atomic E-state index is 14.0. The first-order valence-electron chi connectivity index (χ1n) is 6.82. The van der Waals surface area contributed by atoms with Crippen LogP contribution in [0.25, 0.3) is 11.0 Å². The van der Waals surface area contributed by atoms with E-state index in [4.69, 9.17) is 5.73 Å².